The van der Waals surface area contributed by atoms with Gasteiger partial charge >= 0.3 is 0 Å². The van der Waals surface area contributed by atoms with Crippen LogP contribution < -0.4 is 20.7 Å². The van der Waals surface area contributed by atoms with Crippen LogP contribution in [-0.4, -0.2) is 35.1 Å². The minimum atomic E-state index is -0.450. The smallest absolute Gasteiger partial charge is 0.272 e. The maximum absolute atomic E-state index is 13.2. The molecule has 0 saturated heterocycles. The minimum absolute atomic E-state index is 0.128. The molecule has 1 unspecified atom stereocenters. The number of nitrogens with one attached hydrogen (secondary N) is 3. The van der Waals surface area contributed by atoms with Crippen LogP contribution in [0.4, 0.5) is 10.8 Å². The second-order valence-electron chi connectivity index (χ2n) is 8.97. The number of hydrogen-bond acceptors (Lipinski definition) is 8. The summed E-state index contributed by atoms with van der Waals surface area (Å²) >= 11 is 4.24. The number of methoxy groups -OCH3 is 1. The van der Waals surface area contributed by atoms with E-state index < -0.39 is 5.91 Å². The summed E-state index contributed by atoms with van der Waals surface area (Å²) in [6, 6.07) is 25.2. The molecule has 11 heteroatoms. The number of carbonyl (C=O) groups is 3. The summed E-state index contributed by atoms with van der Waals surface area (Å²) in [5.74, 6) is -0.257. The first-order valence-electron chi connectivity index (χ1n) is 12.8. The number of thiazole rings is 1. The van der Waals surface area contributed by atoms with Crippen molar-refractivity contribution in [1.29, 1.82) is 0 Å². The van der Waals surface area contributed by atoms with Gasteiger partial charge in [-0.1, -0.05) is 35.6 Å². The molecule has 212 valence electrons. The van der Waals surface area contributed by atoms with Gasteiger partial charge in [0.1, 0.15) is 11.4 Å². The Morgan fingerprint density at radius 3 is 2.45 bits per heavy atom. The number of thioether (sulfide) groups is 1. The molecule has 5 rings (SSSR count). The zero-order valence-electron chi connectivity index (χ0n) is 22.6. The summed E-state index contributed by atoms with van der Waals surface area (Å²) in [7, 11) is 1.61. The predicted octanol–water partition coefficient (Wildman–Crippen LogP) is 6.90. The summed E-state index contributed by atoms with van der Waals surface area (Å²) in [6.07, 6.45) is 1.65. The van der Waals surface area contributed by atoms with Gasteiger partial charge < -0.3 is 20.7 Å². The molecule has 0 aliphatic carbocycles. The van der Waals surface area contributed by atoms with Gasteiger partial charge in [-0.15, -0.1) is 23.1 Å². The second kappa shape index (κ2) is 13.5. The summed E-state index contributed by atoms with van der Waals surface area (Å²) in [5.41, 5.74) is 1.92. The third kappa shape index (κ3) is 7.43. The molecule has 0 spiro atoms. The van der Waals surface area contributed by atoms with Crippen LogP contribution in [0.2, 0.25) is 0 Å². The van der Waals surface area contributed by atoms with E-state index in [0.717, 1.165) is 25.7 Å². The van der Waals surface area contributed by atoms with E-state index in [1.807, 2.05) is 60.8 Å². The fraction of sp³-hybridized carbons (Fsp3) is 0.0968. The largest absolute Gasteiger partial charge is 0.497 e. The first-order valence-corrected chi connectivity index (χ1v) is 15.4. The first kappa shape index (κ1) is 29.1. The third-order valence-corrected chi connectivity index (χ3v) is 8.84. The van der Waals surface area contributed by atoms with Gasteiger partial charge in [-0.25, -0.2) is 4.98 Å². The number of fused-ring (bicyclic) bond motifs is 1. The number of nitrogens with zero attached hydrogens (tertiary/aromatic N) is 1. The lowest BCUT2D eigenvalue weighted by molar-refractivity contribution is -0.115. The van der Waals surface area contributed by atoms with E-state index in [1.54, 1.807) is 49.6 Å². The van der Waals surface area contributed by atoms with Crippen molar-refractivity contribution in [3.05, 3.63) is 106 Å². The number of carbonyl (C=O) groups excluding carboxylic acids is 3. The Balaban J connectivity index is 1.20. The number of amides is 3. The summed E-state index contributed by atoms with van der Waals surface area (Å²) < 4.78 is 6.18. The monoisotopic (exact) mass is 614 g/mol. The van der Waals surface area contributed by atoms with Crippen LogP contribution in [0.15, 0.2) is 101 Å². The van der Waals surface area contributed by atoms with Crippen LogP contribution in [0, 0.1) is 0 Å². The minimum Gasteiger partial charge on any atom is -0.497 e. The zero-order chi connectivity index (χ0) is 29.5. The highest BCUT2D eigenvalue weighted by atomic mass is 32.2. The van der Waals surface area contributed by atoms with Gasteiger partial charge in [-0.05, 0) is 79.0 Å². The van der Waals surface area contributed by atoms with E-state index >= 15 is 0 Å². The molecule has 0 bridgehead atoms. The Morgan fingerprint density at radius 2 is 1.74 bits per heavy atom. The van der Waals surface area contributed by atoms with Crippen molar-refractivity contribution in [2.45, 2.75) is 17.1 Å². The molecular formula is C31H26N4O4S3. The Hall–Kier alpha value is -4.45. The second-order valence-corrected chi connectivity index (χ2v) is 12.4. The SMILES string of the molecule is COc1ccc2nc(NC(=O)C(C)Sc3ccc(NC(=O)/C(=C/c4cccs4)NC(=O)c4ccccc4)cc3)sc2c1. The molecule has 42 heavy (non-hydrogen) atoms. The third-order valence-electron chi connectivity index (χ3n) is 5.98. The van der Waals surface area contributed by atoms with Crippen LogP contribution >= 0.6 is 34.4 Å². The quantitative estimate of drug-likeness (QED) is 0.117. The van der Waals surface area contributed by atoms with E-state index in [9.17, 15) is 14.4 Å². The first-order chi connectivity index (χ1) is 20.4. The van der Waals surface area contributed by atoms with Crippen molar-refractivity contribution in [1.82, 2.24) is 10.3 Å². The molecule has 3 aromatic carbocycles. The molecule has 1 atom stereocenters. The summed E-state index contributed by atoms with van der Waals surface area (Å²) in [4.78, 5) is 44.9. The van der Waals surface area contributed by atoms with E-state index in [1.165, 1.54) is 34.4 Å². The highest BCUT2D eigenvalue weighted by Gasteiger charge is 2.18. The van der Waals surface area contributed by atoms with Crippen molar-refractivity contribution in [3.8, 4) is 5.75 Å². The van der Waals surface area contributed by atoms with Crippen LogP contribution in [0.5, 0.6) is 5.75 Å². The van der Waals surface area contributed by atoms with Crippen molar-refractivity contribution in [3.63, 3.8) is 0 Å². The molecule has 3 N–H and O–H groups in total. The van der Waals surface area contributed by atoms with Crippen LogP contribution in [0.3, 0.4) is 0 Å². The number of rotatable bonds is 10. The van der Waals surface area contributed by atoms with Crippen molar-refractivity contribution >= 4 is 79.3 Å². The number of hydrogen-bond donors (Lipinski definition) is 3. The number of anilines is 2. The lowest BCUT2D eigenvalue weighted by atomic mass is 10.2. The standard InChI is InChI=1S/C31H26N4O4S3/c1-19(28(36)35-31-34-25-15-12-22(39-2)17-27(25)42-31)41-23-13-10-21(11-14-23)32-30(38)26(18-24-9-6-16-40-24)33-29(37)20-7-4-3-5-8-20/h3-19H,1-2H3,(H,32,38)(H,33,37)(H,34,35,36)/b26-18-. The highest BCUT2D eigenvalue weighted by Crippen LogP contribution is 2.31. The predicted molar refractivity (Wildman–Crippen MR) is 171 cm³/mol. The summed E-state index contributed by atoms with van der Waals surface area (Å²) in [5, 5.41) is 10.5. The van der Waals surface area contributed by atoms with E-state index in [0.29, 0.717) is 16.4 Å². The van der Waals surface area contributed by atoms with Gasteiger partial charge in [0, 0.05) is 21.0 Å². The average molecular weight is 615 g/mol. The molecule has 0 radical (unpaired) electrons. The Bertz CT molecular complexity index is 1730. The lowest BCUT2D eigenvalue weighted by Gasteiger charge is -2.13. The number of benzene rings is 3. The maximum Gasteiger partial charge on any atom is 0.272 e. The van der Waals surface area contributed by atoms with Gasteiger partial charge in [0.2, 0.25) is 5.91 Å². The highest BCUT2D eigenvalue weighted by molar-refractivity contribution is 8.00. The van der Waals surface area contributed by atoms with Crippen LogP contribution in [-0.2, 0) is 9.59 Å². The molecule has 0 saturated carbocycles. The number of thiophene rings is 1. The van der Waals surface area contributed by atoms with Crippen LogP contribution in [0.25, 0.3) is 16.3 Å². The molecule has 0 aliphatic heterocycles. The van der Waals surface area contributed by atoms with Crippen molar-refractivity contribution in [2.75, 3.05) is 17.7 Å². The van der Waals surface area contributed by atoms with Crippen molar-refractivity contribution < 1.29 is 19.1 Å². The number of ether oxygens (including phenoxy) is 1. The van der Waals surface area contributed by atoms with E-state index in [2.05, 4.69) is 20.9 Å². The molecule has 8 nitrogen and oxygen atoms in total. The van der Waals surface area contributed by atoms with E-state index in [4.69, 9.17) is 4.74 Å². The van der Waals surface area contributed by atoms with Crippen LogP contribution in [0.1, 0.15) is 22.2 Å². The van der Waals surface area contributed by atoms with Gasteiger partial charge in [0.05, 0.1) is 22.6 Å². The van der Waals surface area contributed by atoms with Gasteiger partial charge in [0.25, 0.3) is 11.8 Å². The fourth-order valence-electron chi connectivity index (χ4n) is 3.82. The summed E-state index contributed by atoms with van der Waals surface area (Å²) in [6.45, 7) is 1.82. The molecule has 2 heterocycles. The number of aromatic nitrogens is 1. The molecule has 0 fully saturated rings. The molecule has 2 aromatic heterocycles. The molecule has 3 amide bonds. The van der Waals surface area contributed by atoms with Gasteiger partial charge in [-0.2, -0.15) is 0 Å². The Labute approximate surface area is 254 Å². The normalized spacial score (nSPS) is 12.0. The van der Waals surface area contributed by atoms with Gasteiger partial charge in [0.15, 0.2) is 5.13 Å². The zero-order valence-corrected chi connectivity index (χ0v) is 25.1. The lowest BCUT2D eigenvalue weighted by Crippen LogP contribution is -2.30. The molecular weight excluding hydrogens is 589 g/mol. The van der Waals surface area contributed by atoms with Crippen molar-refractivity contribution in [2.24, 2.45) is 0 Å². The topological polar surface area (TPSA) is 109 Å². The maximum atomic E-state index is 13.2. The molecule has 0 aliphatic rings. The molecule has 5 aromatic rings. The Morgan fingerprint density at radius 1 is 0.952 bits per heavy atom. The average Bonchev–Trinajstić information content (AvgIpc) is 3.67. The van der Waals surface area contributed by atoms with Gasteiger partial charge in [-0.3, -0.25) is 14.4 Å². The fourth-order valence-corrected chi connectivity index (χ4v) is 6.25. The Kier molecular flexibility index (Phi) is 9.32. The van der Waals surface area contributed by atoms with E-state index in [-0.39, 0.29) is 22.8 Å².